The second kappa shape index (κ2) is 4.56. The van der Waals surface area contributed by atoms with Crippen LogP contribution in [0, 0.1) is 6.92 Å². The highest BCUT2D eigenvalue weighted by atomic mass is 16.5. The minimum Gasteiger partial charge on any atom is -0.354 e. The Kier molecular flexibility index (Phi) is 3.39. The van der Waals surface area contributed by atoms with Crippen LogP contribution in [-0.2, 0) is 11.2 Å². The molecule has 0 radical (unpaired) electrons. The molecular formula is C7H12N4O2. The van der Waals surface area contributed by atoms with Crippen LogP contribution >= 0.6 is 0 Å². The van der Waals surface area contributed by atoms with Crippen LogP contribution in [0.5, 0.6) is 0 Å². The van der Waals surface area contributed by atoms with Crippen molar-refractivity contribution in [3.63, 3.8) is 0 Å². The largest absolute Gasteiger partial charge is 0.354 e. The van der Waals surface area contributed by atoms with E-state index in [4.69, 9.17) is 10.3 Å². The van der Waals surface area contributed by atoms with Crippen molar-refractivity contribution in [2.45, 2.75) is 13.3 Å². The van der Waals surface area contributed by atoms with Gasteiger partial charge in [0.1, 0.15) is 0 Å². The average molecular weight is 184 g/mol. The number of carbonyl (C=O) groups excluding carboxylic acids is 1. The summed E-state index contributed by atoms with van der Waals surface area (Å²) in [7, 11) is 0. The summed E-state index contributed by atoms with van der Waals surface area (Å²) < 4.78 is 4.84. The Hall–Kier alpha value is -1.43. The lowest BCUT2D eigenvalue weighted by atomic mass is 10.4. The van der Waals surface area contributed by atoms with Crippen LogP contribution in [-0.4, -0.2) is 29.1 Å². The lowest BCUT2D eigenvalue weighted by Crippen LogP contribution is -2.31. The molecule has 13 heavy (non-hydrogen) atoms. The number of hydrogen-bond acceptors (Lipinski definition) is 5. The summed E-state index contributed by atoms with van der Waals surface area (Å²) in [5, 5.41) is 6.21. The normalized spacial score (nSPS) is 10.0. The van der Waals surface area contributed by atoms with Gasteiger partial charge >= 0.3 is 0 Å². The van der Waals surface area contributed by atoms with Crippen LogP contribution in [0.25, 0.3) is 0 Å². The Bertz CT molecular complexity index is 284. The van der Waals surface area contributed by atoms with Crippen molar-refractivity contribution in [2.75, 3.05) is 13.1 Å². The molecule has 0 aliphatic carbocycles. The lowest BCUT2D eigenvalue weighted by molar-refractivity contribution is -0.119. The maximum Gasteiger partial charge on any atom is 0.233 e. The molecule has 1 amide bonds. The van der Waals surface area contributed by atoms with Crippen molar-refractivity contribution >= 4 is 5.91 Å². The monoisotopic (exact) mass is 184 g/mol. The molecule has 0 bridgehead atoms. The fraction of sp³-hybridized carbons (Fsp3) is 0.571. The fourth-order valence-electron chi connectivity index (χ4n) is 0.823. The van der Waals surface area contributed by atoms with E-state index in [2.05, 4.69) is 15.5 Å². The van der Waals surface area contributed by atoms with E-state index in [9.17, 15) is 4.79 Å². The zero-order valence-corrected chi connectivity index (χ0v) is 7.41. The van der Waals surface area contributed by atoms with Crippen molar-refractivity contribution < 1.29 is 9.32 Å². The smallest absolute Gasteiger partial charge is 0.233 e. The van der Waals surface area contributed by atoms with E-state index < -0.39 is 0 Å². The molecule has 6 heteroatoms. The van der Waals surface area contributed by atoms with Crippen LogP contribution in [0.1, 0.15) is 11.7 Å². The predicted octanol–water partition coefficient (Wildman–Crippen LogP) is -1.00. The maximum absolute atomic E-state index is 10.7. The van der Waals surface area contributed by atoms with Gasteiger partial charge in [-0.25, -0.2) is 0 Å². The summed E-state index contributed by atoms with van der Waals surface area (Å²) in [5.41, 5.74) is 5.09. The highest BCUT2D eigenvalue weighted by Gasteiger charge is 2.02. The van der Waals surface area contributed by atoms with Gasteiger partial charge in [-0.05, 0) is 6.92 Å². The maximum atomic E-state index is 10.7. The van der Waals surface area contributed by atoms with E-state index in [1.807, 2.05) is 0 Å². The van der Waals surface area contributed by atoms with Gasteiger partial charge in [0.2, 0.25) is 11.8 Å². The summed E-state index contributed by atoms with van der Waals surface area (Å²) in [5.74, 6) is 0.936. The molecule has 1 aromatic heterocycles. The summed E-state index contributed by atoms with van der Waals surface area (Å²) in [6.07, 6.45) is 0.534. The Labute approximate surface area is 75.5 Å². The van der Waals surface area contributed by atoms with Gasteiger partial charge in [-0.3, -0.25) is 4.79 Å². The molecule has 1 aromatic rings. The number of nitrogens with two attached hydrogens (primary N) is 1. The molecule has 0 saturated heterocycles. The Morgan fingerprint density at radius 1 is 1.69 bits per heavy atom. The highest BCUT2D eigenvalue weighted by molar-refractivity contribution is 5.77. The first-order valence-electron chi connectivity index (χ1n) is 3.98. The lowest BCUT2D eigenvalue weighted by Gasteiger charge is -1.98. The SMILES string of the molecule is Cc1noc(CCNC(=O)CN)n1. The van der Waals surface area contributed by atoms with Gasteiger partial charge in [-0.2, -0.15) is 4.98 Å². The van der Waals surface area contributed by atoms with Crippen LogP contribution in [0.4, 0.5) is 0 Å². The summed E-state index contributed by atoms with van der Waals surface area (Å²) in [4.78, 5) is 14.7. The Balaban J connectivity index is 2.24. The van der Waals surface area contributed by atoms with Crippen molar-refractivity contribution in [1.29, 1.82) is 0 Å². The van der Waals surface area contributed by atoms with Gasteiger partial charge < -0.3 is 15.6 Å². The van der Waals surface area contributed by atoms with E-state index in [0.717, 1.165) is 0 Å². The zero-order valence-electron chi connectivity index (χ0n) is 7.41. The van der Waals surface area contributed by atoms with Crippen LogP contribution in [0.3, 0.4) is 0 Å². The second-order valence-corrected chi connectivity index (χ2v) is 2.54. The third kappa shape index (κ3) is 3.20. The quantitative estimate of drug-likeness (QED) is 0.625. The number of nitrogens with zero attached hydrogens (tertiary/aromatic N) is 2. The molecule has 0 aliphatic rings. The van der Waals surface area contributed by atoms with Crippen molar-refractivity contribution in [3.05, 3.63) is 11.7 Å². The van der Waals surface area contributed by atoms with Gasteiger partial charge in [0, 0.05) is 13.0 Å². The number of aryl methyl sites for hydroxylation is 1. The summed E-state index contributed by atoms with van der Waals surface area (Å²) in [6, 6.07) is 0. The van der Waals surface area contributed by atoms with Crippen molar-refractivity contribution in [1.82, 2.24) is 15.5 Å². The second-order valence-electron chi connectivity index (χ2n) is 2.54. The average Bonchev–Trinajstić information content (AvgIpc) is 2.51. The third-order valence-corrected chi connectivity index (χ3v) is 1.42. The molecule has 72 valence electrons. The van der Waals surface area contributed by atoms with Gasteiger partial charge in [-0.15, -0.1) is 0 Å². The number of carbonyl (C=O) groups is 1. The molecule has 6 nitrogen and oxygen atoms in total. The predicted molar refractivity (Wildman–Crippen MR) is 44.8 cm³/mol. The molecule has 0 aromatic carbocycles. The molecular weight excluding hydrogens is 172 g/mol. The molecule has 0 atom stereocenters. The topological polar surface area (TPSA) is 94.0 Å². The van der Waals surface area contributed by atoms with Gasteiger partial charge in [0.05, 0.1) is 6.54 Å². The standard InChI is InChI=1S/C7H12N4O2/c1-5-10-7(13-11-5)2-3-9-6(12)4-8/h2-4,8H2,1H3,(H,9,12). The minimum absolute atomic E-state index is 0.00284. The fourth-order valence-corrected chi connectivity index (χ4v) is 0.823. The van der Waals surface area contributed by atoms with E-state index in [1.54, 1.807) is 6.92 Å². The number of amides is 1. The molecule has 3 N–H and O–H groups in total. The number of aromatic nitrogens is 2. The molecule has 0 saturated carbocycles. The highest BCUT2D eigenvalue weighted by Crippen LogP contribution is 1.95. The van der Waals surface area contributed by atoms with E-state index >= 15 is 0 Å². The first-order valence-corrected chi connectivity index (χ1v) is 3.98. The number of nitrogens with one attached hydrogen (secondary N) is 1. The number of rotatable bonds is 4. The summed E-state index contributed by atoms with van der Waals surface area (Å²) in [6.45, 7) is 2.21. The molecule has 0 spiro atoms. The van der Waals surface area contributed by atoms with Crippen LogP contribution in [0.15, 0.2) is 4.52 Å². The van der Waals surface area contributed by atoms with Crippen LogP contribution < -0.4 is 11.1 Å². The molecule has 1 heterocycles. The molecule has 1 rings (SSSR count). The van der Waals surface area contributed by atoms with Crippen molar-refractivity contribution in [3.8, 4) is 0 Å². The van der Waals surface area contributed by atoms with Crippen LogP contribution in [0.2, 0.25) is 0 Å². The van der Waals surface area contributed by atoms with Gasteiger partial charge in [0.25, 0.3) is 0 Å². The molecule has 0 unspecified atom stereocenters. The van der Waals surface area contributed by atoms with Crippen molar-refractivity contribution in [2.24, 2.45) is 5.73 Å². The van der Waals surface area contributed by atoms with E-state index in [1.165, 1.54) is 0 Å². The van der Waals surface area contributed by atoms with Gasteiger partial charge in [0.15, 0.2) is 5.82 Å². The first kappa shape index (κ1) is 9.66. The zero-order chi connectivity index (χ0) is 9.68. The van der Waals surface area contributed by atoms with E-state index in [0.29, 0.717) is 24.7 Å². The Morgan fingerprint density at radius 2 is 2.46 bits per heavy atom. The Morgan fingerprint density at radius 3 is 3.00 bits per heavy atom. The molecule has 0 fully saturated rings. The number of hydrogen-bond donors (Lipinski definition) is 2. The minimum atomic E-state index is -0.184. The van der Waals surface area contributed by atoms with Gasteiger partial charge in [-0.1, -0.05) is 5.16 Å². The third-order valence-electron chi connectivity index (χ3n) is 1.42. The first-order chi connectivity index (χ1) is 6.22. The summed E-state index contributed by atoms with van der Waals surface area (Å²) >= 11 is 0. The molecule has 0 aliphatic heterocycles. The van der Waals surface area contributed by atoms with E-state index in [-0.39, 0.29) is 12.5 Å².